The number of hydrogen-bond donors (Lipinski definition) is 1. The maximum absolute atomic E-state index is 12.0. The lowest BCUT2D eigenvalue weighted by molar-refractivity contribution is 0.321. The van der Waals surface area contributed by atoms with Gasteiger partial charge in [0.15, 0.2) is 5.82 Å². The number of nitrogens with zero attached hydrogens (tertiary/aromatic N) is 3. The first-order valence-corrected chi connectivity index (χ1v) is 6.06. The molecule has 0 atom stereocenters. The molecule has 5 nitrogen and oxygen atoms in total. The van der Waals surface area contributed by atoms with Gasteiger partial charge in [-0.25, -0.2) is 0 Å². The average Bonchev–Trinajstić information content (AvgIpc) is 2.49. The monoisotopic (exact) mass is 265 g/mol. The summed E-state index contributed by atoms with van der Waals surface area (Å²) in [5, 5.41) is 12.3. The maximum atomic E-state index is 12.0. The molecule has 0 saturated heterocycles. The molecular formula is C15H11N3O2. The zero-order valence-electron chi connectivity index (χ0n) is 10.5. The number of fused-ring (bicyclic) bond motifs is 1. The summed E-state index contributed by atoms with van der Waals surface area (Å²) in [6.07, 6.45) is 1.15. The predicted molar refractivity (Wildman–Crippen MR) is 76.7 cm³/mol. The standard InChI is InChI=1S/C15H11N3O2/c19-15-12-8-4-5-9-13(12)18(14(17-15)10-16-20)11-6-2-1-3-7-11/h1-10,20H/b16-10-. The van der Waals surface area contributed by atoms with Crippen LogP contribution in [0.15, 0.2) is 64.5 Å². The molecule has 98 valence electrons. The van der Waals surface area contributed by atoms with Crippen LogP contribution in [0, 0.1) is 0 Å². The quantitative estimate of drug-likeness (QED) is 0.439. The molecule has 2 aromatic carbocycles. The van der Waals surface area contributed by atoms with E-state index in [9.17, 15) is 4.79 Å². The highest BCUT2D eigenvalue weighted by Gasteiger charge is 2.10. The lowest BCUT2D eigenvalue weighted by atomic mass is 10.2. The Balaban J connectivity index is 2.47. The van der Waals surface area contributed by atoms with E-state index < -0.39 is 0 Å². The third-order valence-corrected chi connectivity index (χ3v) is 3.01. The molecule has 0 bridgehead atoms. The molecule has 0 fully saturated rings. The number of benzene rings is 2. The van der Waals surface area contributed by atoms with Crippen LogP contribution < -0.4 is 5.56 Å². The topological polar surface area (TPSA) is 67.5 Å². The van der Waals surface area contributed by atoms with E-state index in [1.165, 1.54) is 0 Å². The van der Waals surface area contributed by atoms with Crippen molar-refractivity contribution in [2.75, 3.05) is 0 Å². The summed E-state index contributed by atoms with van der Waals surface area (Å²) in [7, 11) is 0. The number of para-hydroxylation sites is 2. The molecule has 0 unspecified atom stereocenters. The summed E-state index contributed by atoms with van der Waals surface area (Å²) in [4.78, 5) is 16.0. The Labute approximate surface area is 114 Å². The van der Waals surface area contributed by atoms with Crippen molar-refractivity contribution in [1.82, 2.24) is 9.55 Å². The lowest BCUT2D eigenvalue weighted by Crippen LogP contribution is -2.17. The summed E-state index contributed by atoms with van der Waals surface area (Å²) < 4.78 is 1.77. The van der Waals surface area contributed by atoms with Gasteiger partial charge in [0.25, 0.3) is 5.56 Å². The molecule has 0 amide bonds. The fourth-order valence-electron chi connectivity index (χ4n) is 2.17. The van der Waals surface area contributed by atoms with E-state index >= 15 is 0 Å². The van der Waals surface area contributed by atoms with Crippen molar-refractivity contribution in [2.24, 2.45) is 5.16 Å². The van der Waals surface area contributed by atoms with Crippen LogP contribution in [0.4, 0.5) is 0 Å². The largest absolute Gasteiger partial charge is 0.411 e. The molecule has 20 heavy (non-hydrogen) atoms. The normalized spacial score (nSPS) is 11.2. The van der Waals surface area contributed by atoms with E-state index in [0.29, 0.717) is 10.9 Å². The number of aromatic nitrogens is 2. The predicted octanol–water partition coefficient (Wildman–Crippen LogP) is 2.19. The van der Waals surface area contributed by atoms with Crippen molar-refractivity contribution >= 4 is 17.1 Å². The molecule has 0 spiro atoms. The van der Waals surface area contributed by atoms with Gasteiger partial charge in [-0.15, -0.1) is 0 Å². The summed E-state index contributed by atoms with van der Waals surface area (Å²) >= 11 is 0. The van der Waals surface area contributed by atoms with Crippen molar-refractivity contribution < 1.29 is 5.21 Å². The first-order valence-electron chi connectivity index (χ1n) is 6.06. The smallest absolute Gasteiger partial charge is 0.281 e. The van der Waals surface area contributed by atoms with Gasteiger partial charge >= 0.3 is 0 Å². The van der Waals surface area contributed by atoms with Crippen LogP contribution in [0.2, 0.25) is 0 Å². The van der Waals surface area contributed by atoms with E-state index in [-0.39, 0.29) is 11.4 Å². The average molecular weight is 265 g/mol. The molecule has 0 aliphatic carbocycles. The maximum Gasteiger partial charge on any atom is 0.281 e. The Kier molecular flexibility index (Phi) is 3.01. The van der Waals surface area contributed by atoms with Crippen LogP contribution in [0.25, 0.3) is 16.6 Å². The molecule has 1 N–H and O–H groups in total. The van der Waals surface area contributed by atoms with E-state index in [0.717, 1.165) is 11.9 Å². The highest BCUT2D eigenvalue weighted by atomic mass is 16.4. The molecule has 0 aliphatic rings. The zero-order chi connectivity index (χ0) is 13.9. The van der Waals surface area contributed by atoms with Gasteiger partial charge in [0.2, 0.25) is 0 Å². The van der Waals surface area contributed by atoms with Crippen molar-refractivity contribution in [2.45, 2.75) is 0 Å². The molecular weight excluding hydrogens is 254 g/mol. The van der Waals surface area contributed by atoms with Crippen molar-refractivity contribution in [3.05, 3.63) is 70.8 Å². The fraction of sp³-hybridized carbons (Fsp3) is 0. The highest BCUT2D eigenvalue weighted by molar-refractivity contribution is 5.85. The number of rotatable bonds is 2. The van der Waals surface area contributed by atoms with E-state index in [1.54, 1.807) is 16.7 Å². The van der Waals surface area contributed by atoms with Gasteiger partial charge in [-0.05, 0) is 24.3 Å². The van der Waals surface area contributed by atoms with Gasteiger partial charge in [0.05, 0.1) is 10.9 Å². The Morgan fingerprint density at radius 1 is 1.05 bits per heavy atom. The first-order chi connectivity index (χ1) is 9.81. The zero-order valence-corrected chi connectivity index (χ0v) is 10.5. The van der Waals surface area contributed by atoms with Crippen LogP contribution in [-0.2, 0) is 0 Å². The Hall–Kier alpha value is -2.95. The molecule has 0 saturated carbocycles. The first kappa shape index (κ1) is 12.1. The van der Waals surface area contributed by atoms with Crippen LogP contribution >= 0.6 is 0 Å². The van der Waals surface area contributed by atoms with Crippen LogP contribution in [-0.4, -0.2) is 21.0 Å². The summed E-state index contributed by atoms with van der Waals surface area (Å²) in [5.41, 5.74) is 1.21. The minimum absolute atomic E-state index is 0.280. The Morgan fingerprint density at radius 2 is 1.75 bits per heavy atom. The molecule has 3 rings (SSSR count). The van der Waals surface area contributed by atoms with Gasteiger partial charge in [-0.3, -0.25) is 9.36 Å². The van der Waals surface area contributed by atoms with E-state index in [1.807, 2.05) is 42.5 Å². The van der Waals surface area contributed by atoms with Crippen LogP contribution in [0.3, 0.4) is 0 Å². The molecule has 3 aromatic rings. The lowest BCUT2D eigenvalue weighted by Gasteiger charge is -2.13. The van der Waals surface area contributed by atoms with Gasteiger partial charge in [0, 0.05) is 5.69 Å². The summed E-state index contributed by atoms with van der Waals surface area (Å²) in [6.45, 7) is 0. The Bertz CT molecular complexity index is 839. The van der Waals surface area contributed by atoms with Crippen molar-refractivity contribution in [3.8, 4) is 5.69 Å². The number of oxime groups is 1. The van der Waals surface area contributed by atoms with Crippen LogP contribution in [0.1, 0.15) is 5.82 Å². The summed E-state index contributed by atoms with van der Waals surface area (Å²) in [6, 6.07) is 16.7. The minimum Gasteiger partial charge on any atom is -0.411 e. The van der Waals surface area contributed by atoms with E-state index in [2.05, 4.69) is 10.1 Å². The molecule has 1 heterocycles. The van der Waals surface area contributed by atoms with Crippen molar-refractivity contribution in [3.63, 3.8) is 0 Å². The molecule has 0 radical (unpaired) electrons. The van der Waals surface area contributed by atoms with Gasteiger partial charge in [-0.2, -0.15) is 4.98 Å². The van der Waals surface area contributed by atoms with Crippen LogP contribution in [0.5, 0.6) is 0 Å². The molecule has 5 heteroatoms. The fourth-order valence-corrected chi connectivity index (χ4v) is 2.17. The van der Waals surface area contributed by atoms with Crippen molar-refractivity contribution in [1.29, 1.82) is 0 Å². The third kappa shape index (κ3) is 1.95. The second-order valence-electron chi connectivity index (χ2n) is 4.21. The molecule has 1 aromatic heterocycles. The minimum atomic E-state index is -0.345. The van der Waals surface area contributed by atoms with Gasteiger partial charge < -0.3 is 5.21 Å². The second kappa shape index (κ2) is 4.97. The SMILES string of the molecule is O=c1nc(/C=N\O)n(-c2ccccc2)c2ccccc12. The third-order valence-electron chi connectivity index (χ3n) is 3.01. The molecule has 0 aliphatic heterocycles. The highest BCUT2D eigenvalue weighted by Crippen LogP contribution is 2.17. The second-order valence-corrected chi connectivity index (χ2v) is 4.21. The Morgan fingerprint density at radius 3 is 2.50 bits per heavy atom. The summed E-state index contributed by atoms with van der Waals surface area (Å²) in [5.74, 6) is 0.280. The van der Waals surface area contributed by atoms with Gasteiger partial charge in [-0.1, -0.05) is 35.5 Å². The van der Waals surface area contributed by atoms with Gasteiger partial charge in [0.1, 0.15) is 6.21 Å². The number of hydrogen-bond acceptors (Lipinski definition) is 4. The van der Waals surface area contributed by atoms with E-state index in [4.69, 9.17) is 5.21 Å².